The Bertz CT molecular complexity index is 1370. The number of hydrogen-bond donors (Lipinski definition) is 3. The van der Waals surface area contributed by atoms with Crippen LogP contribution in [-0.2, 0) is 16.4 Å². The van der Waals surface area contributed by atoms with Gasteiger partial charge in [-0.3, -0.25) is 9.71 Å². The van der Waals surface area contributed by atoms with Crippen molar-refractivity contribution in [2.75, 3.05) is 23.2 Å². The lowest BCUT2D eigenvalue weighted by Gasteiger charge is -2.27. The molecule has 0 bridgehead atoms. The molecule has 184 valence electrons. The number of rotatable bonds is 7. The summed E-state index contributed by atoms with van der Waals surface area (Å²) in [6, 6.07) is 17.4. The Balaban J connectivity index is 1.47. The Kier molecular flexibility index (Phi) is 6.42. The van der Waals surface area contributed by atoms with E-state index in [4.69, 9.17) is 15.9 Å². The molecular weight excluding hydrogens is 460 g/mol. The third-order valence-corrected chi connectivity index (χ3v) is 8.85. The van der Waals surface area contributed by atoms with Gasteiger partial charge in [0, 0.05) is 18.0 Å². The molecule has 2 aliphatic heterocycles. The quantitative estimate of drug-likeness (QED) is 0.340. The molecule has 35 heavy (non-hydrogen) atoms. The van der Waals surface area contributed by atoms with Gasteiger partial charge in [-0.2, -0.15) is 0 Å². The molecule has 3 aromatic rings. The van der Waals surface area contributed by atoms with Gasteiger partial charge in [0.25, 0.3) is 0 Å². The fourth-order valence-corrected chi connectivity index (χ4v) is 6.47. The van der Waals surface area contributed by atoms with Gasteiger partial charge in [-0.1, -0.05) is 30.7 Å². The summed E-state index contributed by atoms with van der Waals surface area (Å²) < 4.78 is 34.1. The summed E-state index contributed by atoms with van der Waals surface area (Å²) >= 11 is 0. The lowest BCUT2D eigenvalue weighted by molar-refractivity contribution is 0.239. The highest BCUT2D eigenvalue weighted by atomic mass is 32.2. The highest BCUT2D eigenvalue weighted by Gasteiger charge is 2.38. The molecule has 2 aliphatic rings. The third-order valence-electron chi connectivity index (χ3n) is 7.07. The molecular formula is C27H32N4O3S. The van der Waals surface area contributed by atoms with Crippen LogP contribution in [0.5, 0.6) is 5.75 Å². The summed E-state index contributed by atoms with van der Waals surface area (Å²) in [6.45, 7) is 3.32. The van der Waals surface area contributed by atoms with Crippen molar-refractivity contribution in [3.05, 3.63) is 71.3 Å². The van der Waals surface area contributed by atoms with Crippen LogP contribution in [0.15, 0.2) is 54.6 Å². The van der Waals surface area contributed by atoms with Crippen molar-refractivity contribution < 1.29 is 13.2 Å². The minimum absolute atomic E-state index is 0.0108. The topological polar surface area (TPSA) is 109 Å². The second-order valence-corrected chi connectivity index (χ2v) is 11.5. The minimum atomic E-state index is -3.50. The van der Waals surface area contributed by atoms with E-state index in [2.05, 4.69) is 5.32 Å². The average Bonchev–Trinajstić information content (AvgIpc) is 3.27. The number of amidine groups is 1. The minimum Gasteiger partial charge on any atom is -0.492 e. The molecule has 2 atom stereocenters. The summed E-state index contributed by atoms with van der Waals surface area (Å²) in [5, 5.41) is 13.2. The number of nitrogens with one attached hydrogen (secondary N) is 2. The predicted octanol–water partition coefficient (Wildman–Crippen LogP) is 4.10. The number of sulfonamides is 1. The fraction of sp³-hybridized carbons (Fsp3) is 0.370. The second-order valence-electron chi connectivity index (χ2n) is 9.40. The summed E-state index contributed by atoms with van der Waals surface area (Å²) in [5.74, 6) is 0.809. The van der Waals surface area contributed by atoms with Crippen LogP contribution < -0.4 is 20.1 Å². The predicted molar refractivity (Wildman–Crippen MR) is 141 cm³/mol. The van der Waals surface area contributed by atoms with Crippen LogP contribution in [0.1, 0.15) is 48.9 Å². The Hall–Kier alpha value is -3.10. The van der Waals surface area contributed by atoms with Crippen molar-refractivity contribution in [2.24, 2.45) is 5.73 Å². The van der Waals surface area contributed by atoms with Crippen molar-refractivity contribution in [3.8, 4) is 5.75 Å². The van der Waals surface area contributed by atoms with E-state index in [1.807, 2.05) is 54.6 Å². The van der Waals surface area contributed by atoms with Crippen LogP contribution in [-0.4, -0.2) is 39.2 Å². The lowest BCUT2D eigenvalue weighted by atomic mass is 9.98. The Morgan fingerprint density at radius 1 is 1.11 bits per heavy atom. The molecule has 0 aromatic heterocycles. The first-order valence-electron chi connectivity index (χ1n) is 12.2. The van der Waals surface area contributed by atoms with E-state index in [1.54, 1.807) is 11.2 Å². The number of fused-ring (bicyclic) bond motifs is 2. The first-order valence-corrected chi connectivity index (χ1v) is 13.9. The van der Waals surface area contributed by atoms with Crippen LogP contribution in [0.3, 0.4) is 0 Å². The Morgan fingerprint density at radius 3 is 2.69 bits per heavy atom. The van der Waals surface area contributed by atoms with Crippen molar-refractivity contribution in [2.45, 2.75) is 44.7 Å². The standard InChI is InChI=1S/C27H32N4O3S/c1-2-35(32,33)31-25-11-10-24(34-17-23-5-3-4-12-30-23)15-22(25)16-26(31)19-8-6-18-7-9-20(27(28)29)14-21(18)13-19/h6-11,13-15,23,26,30H,2-5,12,16-17H2,1H3,(H3,28,29). The largest absolute Gasteiger partial charge is 0.492 e. The van der Waals surface area contributed by atoms with Crippen LogP contribution in [0, 0.1) is 5.41 Å². The molecule has 3 aromatic carbocycles. The number of benzene rings is 3. The van der Waals surface area contributed by atoms with Crippen LogP contribution in [0.2, 0.25) is 0 Å². The van der Waals surface area contributed by atoms with Crippen LogP contribution in [0.4, 0.5) is 5.69 Å². The zero-order valence-electron chi connectivity index (χ0n) is 20.0. The summed E-state index contributed by atoms with van der Waals surface area (Å²) in [5.41, 5.74) is 8.94. The molecule has 1 saturated heterocycles. The van der Waals surface area contributed by atoms with Crippen molar-refractivity contribution in [1.29, 1.82) is 5.41 Å². The van der Waals surface area contributed by atoms with E-state index < -0.39 is 10.0 Å². The van der Waals surface area contributed by atoms with Gasteiger partial charge in [-0.15, -0.1) is 0 Å². The summed E-state index contributed by atoms with van der Waals surface area (Å²) in [6.07, 6.45) is 4.12. The molecule has 0 amide bonds. The molecule has 2 heterocycles. The molecule has 7 nitrogen and oxygen atoms in total. The maximum absolute atomic E-state index is 13.2. The van der Waals surface area contributed by atoms with E-state index in [-0.39, 0.29) is 17.6 Å². The molecule has 0 aliphatic carbocycles. The lowest BCUT2D eigenvalue weighted by Crippen LogP contribution is -2.38. The second kappa shape index (κ2) is 9.51. The van der Waals surface area contributed by atoms with E-state index in [9.17, 15) is 8.42 Å². The summed E-state index contributed by atoms with van der Waals surface area (Å²) in [7, 11) is -3.50. The molecule has 8 heteroatoms. The number of anilines is 1. The van der Waals surface area contributed by atoms with E-state index in [1.165, 1.54) is 12.8 Å². The van der Waals surface area contributed by atoms with Crippen molar-refractivity contribution in [1.82, 2.24) is 5.32 Å². The molecule has 0 spiro atoms. The van der Waals surface area contributed by atoms with Gasteiger partial charge in [0.1, 0.15) is 18.2 Å². The zero-order chi connectivity index (χ0) is 24.6. The average molecular weight is 493 g/mol. The number of piperidine rings is 1. The van der Waals surface area contributed by atoms with Gasteiger partial charge < -0.3 is 15.8 Å². The maximum Gasteiger partial charge on any atom is 0.235 e. The van der Waals surface area contributed by atoms with Gasteiger partial charge in [-0.05, 0) is 78.5 Å². The van der Waals surface area contributed by atoms with Gasteiger partial charge in [0.05, 0.1) is 17.5 Å². The molecule has 1 fully saturated rings. The monoisotopic (exact) mass is 492 g/mol. The number of nitrogens with zero attached hydrogens (tertiary/aromatic N) is 1. The van der Waals surface area contributed by atoms with E-state index in [0.29, 0.717) is 24.6 Å². The van der Waals surface area contributed by atoms with Crippen molar-refractivity contribution >= 4 is 32.3 Å². The van der Waals surface area contributed by atoms with Gasteiger partial charge in [0.2, 0.25) is 10.0 Å². The number of ether oxygens (including phenoxy) is 1. The zero-order valence-corrected chi connectivity index (χ0v) is 20.8. The van der Waals surface area contributed by atoms with E-state index >= 15 is 0 Å². The molecule has 4 N–H and O–H groups in total. The van der Waals surface area contributed by atoms with Crippen LogP contribution >= 0.6 is 0 Å². The number of hydrogen-bond acceptors (Lipinski definition) is 5. The number of nitrogen functional groups attached to an aromatic ring is 1. The SMILES string of the molecule is CCS(=O)(=O)N1c2ccc(OCC3CCCCN3)cc2CC1c1ccc2ccc(C(=N)N)cc2c1. The van der Waals surface area contributed by atoms with Gasteiger partial charge in [-0.25, -0.2) is 8.42 Å². The van der Waals surface area contributed by atoms with Gasteiger partial charge in [0.15, 0.2) is 0 Å². The normalized spacial score (nSPS) is 20.1. The summed E-state index contributed by atoms with van der Waals surface area (Å²) in [4.78, 5) is 0. The fourth-order valence-electron chi connectivity index (χ4n) is 5.13. The highest BCUT2D eigenvalue weighted by molar-refractivity contribution is 7.92. The highest BCUT2D eigenvalue weighted by Crippen LogP contribution is 2.44. The number of nitrogens with two attached hydrogens (primary N) is 1. The Labute approximate surface area is 206 Å². The first kappa shape index (κ1) is 23.6. The molecule has 0 saturated carbocycles. The van der Waals surface area contributed by atoms with E-state index in [0.717, 1.165) is 46.3 Å². The van der Waals surface area contributed by atoms with Crippen LogP contribution in [0.25, 0.3) is 10.8 Å². The Morgan fingerprint density at radius 2 is 1.94 bits per heavy atom. The molecule has 0 radical (unpaired) electrons. The molecule has 2 unspecified atom stereocenters. The third kappa shape index (κ3) is 4.73. The van der Waals surface area contributed by atoms with Gasteiger partial charge >= 0.3 is 0 Å². The van der Waals surface area contributed by atoms with Crippen molar-refractivity contribution in [3.63, 3.8) is 0 Å². The first-order chi connectivity index (χ1) is 16.9. The maximum atomic E-state index is 13.2. The molecule has 5 rings (SSSR count). The smallest absolute Gasteiger partial charge is 0.235 e.